The van der Waals surface area contributed by atoms with Gasteiger partial charge in [0.2, 0.25) is 5.91 Å². The first-order valence-corrected chi connectivity index (χ1v) is 3.65. The lowest BCUT2D eigenvalue weighted by Gasteiger charge is -2.01. The minimum absolute atomic E-state index is 0.0997. The third-order valence-electron chi connectivity index (χ3n) is 1.35. The van der Waals surface area contributed by atoms with Crippen molar-refractivity contribution in [2.45, 2.75) is 13.5 Å². The van der Waals surface area contributed by atoms with Crippen LogP contribution in [0.1, 0.15) is 12.6 Å². The molecule has 0 unspecified atom stereocenters. The number of nitrogens with one attached hydrogen (secondary N) is 1. The van der Waals surface area contributed by atoms with Crippen molar-refractivity contribution in [3.63, 3.8) is 0 Å². The summed E-state index contributed by atoms with van der Waals surface area (Å²) in [6.07, 6.45) is 1.59. The van der Waals surface area contributed by atoms with Gasteiger partial charge in [-0.25, -0.2) is 0 Å². The number of aromatic nitrogens is 1. The summed E-state index contributed by atoms with van der Waals surface area (Å²) in [4.78, 5) is 14.6. The van der Waals surface area contributed by atoms with Crippen molar-refractivity contribution in [2.24, 2.45) is 5.73 Å². The molecule has 0 radical (unpaired) electrons. The van der Waals surface area contributed by atoms with Crippen LogP contribution in [-0.2, 0) is 11.3 Å². The van der Waals surface area contributed by atoms with Crippen LogP contribution >= 0.6 is 0 Å². The molecular formula is C8H11N3O. The lowest BCUT2D eigenvalue weighted by atomic mass is 10.3. The lowest BCUT2D eigenvalue weighted by molar-refractivity contribution is -0.114. The minimum atomic E-state index is -0.0997. The Morgan fingerprint density at radius 2 is 2.42 bits per heavy atom. The van der Waals surface area contributed by atoms with Crippen molar-refractivity contribution in [2.75, 3.05) is 5.32 Å². The summed E-state index contributed by atoms with van der Waals surface area (Å²) in [6, 6.07) is 3.56. The van der Waals surface area contributed by atoms with Gasteiger partial charge < -0.3 is 11.1 Å². The number of rotatable bonds is 2. The van der Waals surface area contributed by atoms with Crippen LogP contribution in [0.4, 0.5) is 5.69 Å². The first-order chi connectivity index (χ1) is 5.72. The zero-order chi connectivity index (χ0) is 8.97. The van der Waals surface area contributed by atoms with Crippen molar-refractivity contribution < 1.29 is 4.79 Å². The fourth-order valence-electron chi connectivity index (χ4n) is 0.822. The van der Waals surface area contributed by atoms with Gasteiger partial charge in [-0.2, -0.15) is 0 Å². The third kappa shape index (κ3) is 2.32. The molecule has 4 nitrogen and oxygen atoms in total. The van der Waals surface area contributed by atoms with E-state index in [9.17, 15) is 4.79 Å². The van der Waals surface area contributed by atoms with Crippen molar-refractivity contribution in [3.8, 4) is 0 Å². The van der Waals surface area contributed by atoms with E-state index in [4.69, 9.17) is 5.73 Å². The van der Waals surface area contributed by atoms with Gasteiger partial charge in [-0.1, -0.05) is 0 Å². The summed E-state index contributed by atoms with van der Waals surface area (Å²) in [5.74, 6) is -0.0997. The molecule has 0 saturated carbocycles. The van der Waals surface area contributed by atoms with E-state index in [1.807, 2.05) is 0 Å². The maximum absolute atomic E-state index is 10.6. The number of hydrogen-bond acceptors (Lipinski definition) is 3. The monoisotopic (exact) mass is 165 g/mol. The van der Waals surface area contributed by atoms with Crippen molar-refractivity contribution in [3.05, 3.63) is 24.0 Å². The minimum Gasteiger partial charge on any atom is -0.325 e. The Bertz CT molecular complexity index is 268. The van der Waals surface area contributed by atoms with Crippen LogP contribution < -0.4 is 11.1 Å². The predicted molar refractivity (Wildman–Crippen MR) is 46.4 cm³/mol. The highest BCUT2D eigenvalue weighted by molar-refractivity contribution is 5.88. The molecule has 3 N–H and O–H groups in total. The second-order valence-corrected chi connectivity index (χ2v) is 2.42. The summed E-state index contributed by atoms with van der Waals surface area (Å²) in [6.45, 7) is 1.87. The molecule has 1 heterocycles. The topological polar surface area (TPSA) is 68.0 Å². The highest BCUT2D eigenvalue weighted by Crippen LogP contribution is 2.04. The van der Waals surface area contributed by atoms with Gasteiger partial charge in [-0.15, -0.1) is 0 Å². The average molecular weight is 165 g/mol. The molecule has 4 heteroatoms. The van der Waals surface area contributed by atoms with E-state index in [2.05, 4.69) is 10.3 Å². The molecule has 0 aliphatic carbocycles. The van der Waals surface area contributed by atoms with Crippen LogP contribution in [-0.4, -0.2) is 10.9 Å². The zero-order valence-electron chi connectivity index (χ0n) is 6.87. The highest BCUT2D eigenvalue weighted by atomic mass is 16.1. The zero-order valence-corrected chi connectivity index (χ0v) is 6.87. The maximum atomic E-state index is 10.6. The Balaban J connectivity index is 2.71. The molecule has 0 bridgehead atoms. The molecule has 1 aromatic heterocycles. The smallest absolute Gasteiger partial charge is 0.221 e. The molecular weight excluding hydrogens is 154 g/mol. The Morgan fingerprint density at radius 1 is 1.67 bits per heavy atom. The summed E-state index contributed by atoms with van der Waals surface area (Å²) >= 11 is 0. The van der Waals surface area contributed by atoms with E-state index in [1.54, 1.807) is 18.3 Å². The Morgan fingerprint density at radius 3 is 2.83 bits per heavy atom. The van der Waals surface area contributed by atoms with Crippen molar-refractivity contribution in [1.29, 1.82) is 0 Å². The van der Waals surface area contributed by atoms with Gasteiger partial charge in [0.05, 0.1) is 17.6 Å². The number of amides is 1. The largest absolute Gasteiger partial charge is 0.325 e. The van der Waals surface area contributed by atoms with Crippen LogP contribution in [0.15, 0.2) is 18.3 Å². The Hall–Kier alpha value is -1.42. The number of carbonyl (C=O) groups excluding carboxylic acids is 1. The van der Waals surface area contributed by atoms with Gasteiger partial charge in [0.1, 0.15) is 0 Å². The molecule has 0 atom stereocenters. The van der Waals surface area contributed by atoms with Crippen LogP contribution in [0, 0.1) is 0 Å². The standard InChI is InChI=1S/C8H11N3O/c1-6(12)11-8-3-2-7(4-9)10-5-8/h2-3,5H,4,9H2,1H3,(H,11,12). The molecule has 1 aromatic rings. The summed E-state index contributed by atoms with van der Waals surface area (Å²) in [7, 11) is 0. The van der Waals surface area contributed by atoms with Crippen molar-refractivity contribution in [1.82, 2.24) is 4.98 Å². The van der Waals surface area contributed by atoms with Crippen LogP contribution in [0.2, 0.25) is 0 Å². The van der Waals surface area contributed by atoms with Gasteiger partial charge in [0.25, 0.3) is 0 Å². The summed E-state index contributed by atoms with van der Waals surface area (Å²) in [5, 5.41) is 2.61. The summed E-state index contributed by atoms with van der Waals surface area (Å²) in [5.41, 5.74) is 6.85. The van der Waals surface area contributed by atoms with E-state index in [0.29, 0.717) is 12.2 Å². The third-order valence-corrected chi connectivity index (χ3v) is 1.35. The number of nitrogens with two attached hydrogens (primary N) is 1. The molecule has 0 aliphatic rings. The number of hydrogen-bond donors (Lipinski definition) is 2. The van der Waals surface area contributed by atoms with E-state index in [0.717, 1.165) is 5.69 Å². The maximum Gasteiger partial charge on any atom is 0.221 e. The molecule has 12 heavy (non-hydrogen) atoms. The fourth-order valence-corrected chi connectivity index (χ4v) is 0.822. The predicted octanol–water partition coefficient (Wildman–Crippen LogP) is 0.499. The van der Waals surface area contributed by atoms with Gasteiger partial charge in [0.15, 0.2) is 0 Å². The normalized spacial score (nSPS) is 9.50. The molecule has 0 fully saturated rings. The van der Waals surface area contributed by atoms with Gasteiger partial charge in [-0.05, 0) is 12.1 Å². The Kier molecular flexibility index (Phi) is 2.76. The van der Waals surface area contributed by atoms with E-state index in [-0.39, 0.29) is 5.91 Å². The number of carbonyl (C=O) groups is 1. The second-order valence-electron chi connectivity index (χ2n) is 2.42. The molecule has 1 rings (SSSR count). The first kappa shape index (κ1) is 8.67. The van der Waals surface area contributed by atoms with E-state index < -0.39 is 0 Å². The highest BCUT2D eigenvalue weighted by Gasteiger charge is 1.95. The van der Waals surface area contributed by atoms with Gasteiger partial charge >= 0.3 is 0 Å². The van der Waals surface area contributed by atoms with Crippen LogP contribution in [0.3, 0.4) is 0 Å². The molecule has 0 saturated heterocycles. The van der Waals surface area contributed by atoms with Crippen LogP contribution in [0.5, 0.6) is 0 Å². The van der Waals surface area contributed by atoms with E-state index in [1.165, 1.54) is 6.92 Å². The Labute approximate surface area is 70.8 Å². The quantitative estimate of drug-likeness (QED) is 0.670. The number of nitrogens with zero attached hydrogens (tertiary/aromatic N) is 1. The fraction of sp³-hybridized carbons (Fsp3) is 0.250. The molecule has 0 aliphatic heterocycles. The van der Waals surface area contributed by atoms with Crippen LogP contribution in [0.25, 0.3) is 0 Å². The summed E-state index contributed by atoms with van der Waals surface area (Å²) < 4.78 is 0. The van der Waals surface area contributed by atoms with Gasteiger partial charge in [-0.3, -0.25) is 9.78 Å². The molecule has 0 aromatic carbocycles. The molecule has 0 spiro atoms. The SMILES string of the molecule is CC(=O)Nc1ccc(CN)nc1. The van der Waals surface area contributed by atoms with E-state index >= 15 is 0 Å². The van der Waals surface area contributed by atoms with Gasteiger partial charge in [0, 0.05) is 13.5 Å². The molecule has 64 valence electrons. The van der Waals surface area contributed by atoms with Crippen molar-refractivity contribution >= 4 is 11.6 Å². The second kappa shape index (κ2) is 3.82. The molecule has 1 amide bonds. The lowest BCUT2D eigenvalue weighted by Crippen LogP contribution is -2.06. The first-order valence-electron chi connectivity index (χ1n) is 3.65. The number of pyridine rings is 1. The number of anilines is 1. The average Bonchev–Trinajstić information content (AvgIpc) is 2.05.